The van der Waals surface area contributed by atoms with Crippen LogP contribution in [0, 0.1) is 13.8 Å². The number of hydrogen-bond donors (Lipinski definition) is 1. The molecular formula is C22H22N4O. The molecule has 0 aliphatic carbocycles. The molecule has 0 bridgehead atoms. The lowest BCUT2D eigenvalue weighted by molar-refractivity contribution is 0.397. The summed E-state index contributed by atoms with van der Waals surface area (Å²) in [5.41, 5.74) is 12.6. The van der Waals surface area contributed by atoms with Gasteiger partial charge in [0, 0.05) is 29.2 Å². The van der Waals surface area contributed by atoms with Gasteiger partial charge in [0.1, 0.15) is 5.52 Å². The van der Waals surface area contributed by atoms with Gasteiger partial charge in [-0.2, -0.15) is 0 Å². The van der Waals surface area contributed by atoms with Gasteiger partial charge in [-0.15, -0.1) is 0 Å². The first kappa shape index (κ1) is 17.2. The van der Waals surface area contributed by atoms with Gasteiger partial charge >= 0.3 is 0 Å². The second-order valence-electron chi connectivity index (χ2n) is 6.91. The molecule has 0 saturated heterocycles. The first-order chi connectivity index (χ1) is 13.0. The van der Waals surface area contributed by atoms with Crippen LogP contribution in [-0.4, -0.2) is 22.1 Å². The molecule has 1 aromatic carbocycles. The Morgan fingerprint density at radius 1 is 0.963 bits per heavy atom. The number of methoxy groups -OCH3 is 1. The smallest absolute Gasteiger partial charge is 0.213 e. The highest BCUT2D eigenvalue weighted by molar-refractivity contribution is 6.08. The average Bonchev–Trinajstić information content (AvgIpc) is 2.66. The van der Waals surface area contributed by atoms with Crippen LogP contribution in [0.1, 0.15) is 22.3 Å². The molecule has 0 spiro atoms. The fraction of sp³-hybridized carbons (Fsp3) is 0.227. The maximum absolute atomic E-state index is 6.14. The Morgan fingerprint density at radius 2 is 1.81 bits per heavy atom. The number of pyridine rings is 3. The first-order valence-corrected chi connectivity index (χ1v) is 8.99. The third-order valence-electron chi connectivity index (χ3n) is 4.96. The zero-order valence-corrected chi connectivity index (χ0v) is 15.8. The van der Waals surface area contributed by atoms with Crippen molar-refractivity contribution < 1.29 is 4.74 Å². The number of rotatable bonds is 4. The van der Waals surface area contributed by atoms with Crippen molar-refractivity contribution in [2.75, 3.05) is 12.8 Å². The van der Waals surface area contributed by atoms with Crippen LogP contribution in [0.15, 0.2) is 42.7 Å². The molecule has 5 heteroatoms. The Hall–Kier alpha value is -3.21. The highest BCUT2D eigenvalue weighted by atomic mass is 16.5. The van der Waals surface area contributed by atoms with Crippen LogP contribution in [-0.2, 0) is 12.8 Å². The Bertz CT molecular complexity index is 1150. The fourth-order valence-electron chi connectivity index (χ4n) is 3.41. The Morgan fingerprint density at radius 3 is 2.59 bits per heavy atom. The number of nitrogen functional groups attached to an aromatic ring is 1. The van der Waals surface area contributed by atoms with Crippen LogP contribution in [0.25, 0.3) is 21.8 Å². The van der Waals surface area contributed by atoms with Crippen molar-refractivity contribution in [3.05, 3.63) is 65.0 Å². The largest absolute Gasteiger partial charge is 0.481 e. The maximum atomic E-state index is 6.14. The van der Waals surface area contributed by atoms with Crippen molar-refractivity contribution in [2.24, 2.45) is 0 Å². The summed E-state index contributed by atoms with van der Waals surface area (Å²) >= 11 is 0. The standard InChI is InChI=1S/C22H22N4O/c1-13-4-7-17-18-10-15(11-25-21(18)22(23)26-19(17)8-13)5-6-16-12-24-20(27-3)9-14(16)2/h4,7-12H,5-6H2,1-3H3,(H2,23,26). The number of benzene rings is 1. The molecule has 4 aromatic rings. The minimum Gasteiger partial charge on any atom is -0.481 e. The van der Waals surface area contributed by atoms with Crippen LogP contribution in [0.3, 0.4) is 0 Å². The quantitative estimate of drug-likeness (QED) is 0.554. The van der Waals surface area contributed by atoms with Crippen molar-refractivity contribution in [1.82, 2.24) is 15.0 Å². The molecule has 0 saturated carbocycles. The van der Waals surface area contributed by atoms with E-state index in [1.54, 1.807) is 7.11 Å². The number of aromatic nitrogens is 3. The summed E-state index contributed by atoms with van der Waals surface area (Å²) in [4.78, 5) is 13.4. The predicted octanol–water partition coefficient (Wildman–Crippen LogP) is 4.17. The number of anilines is 1. The van der Waals surface area contributed by atoms with Crippen molar-refractivity contribution in [3.63, 3.8) is 0 Å². The van der Waals surface area contributed by atoms with Crippen LogP contribution in [0.2, 0.25) is 0 Å². The van der Waals surface area contributed by atoms with Gasteiger partial charge in [0.25, 0.3) is 0 Å². The van der Waals surface area contributed by atoms with Crippen LogP contribution in [0.4, 0.5) is 5.82 Å². The van der Waals surface area contributed by atoms with Crippen molar-refractivity contribution in [1.29, 1.82) is 0 Å². The number of hydrogen-bond acceptors (Lipinski definition) is 5. The number of nitrogens with zero attached hydrogens (tertiary/aromatic N) is 3. The molecule has 0 amide bonds. The molecule has 4 rings (SSSR count). The van der Waals surface area contributed by atoms with Gasteiger partial charge in [0.15, 0.2) is 5.82 Å². The molecule has 27 heavy (non-hydrogen) atoms. The lowest BCUT2D eigenvalue weighted by atomic mass is 10.0. The molecule has 0 radical (unpaired) electrons. The summed E-state index contributed by atoms with van der Waals surface area (Å²) in [6.07, 6.45) is 5.57. The summed E-state index contributed by atoms with van der Waals surface area (Å²) in [6.45, 7) is 4.14. The van der Waals surface area contributed by atoms with E-state index in [4.69, 9.17) is 10.5 Å². The van der Waals surface area contributed by atoms with Crippen LogP contribution < -0.4 is 10.5 Å². The van der Waals surface area contributed by atoms with Gasteiger partial charge in [0.05, 0.1) is 12.6 Å². The number of nitrogens with two attached hydrogens (primary N) is 1. The molecule has 3 heterocycles. The number of fused-ring (bicyclic) bond motifs is 3. The summed E-state index contributed by atoms with van der Waals surface area (Å²) in [6, 6.07) is 10.4. The Balaban J connectivity index is 1.69. The molecule has 136 valence electrons. The molecule has 0 aliphatic rings. The predicted molar refractivity (Wildman–Crippen MR) is 109 cm³/mol. The van der Waals surface area contributed by atoms with Gasteiger partial charge in [0.2, 0.25) is 5.88 Å². The van der Waals surface area contributed by atoms with E-state index in [-0.39, 0.29) is 0 Å². The van der Waals surface area contributed by atoms with E-state index in [2.05, 4.69) is 53.1 Å². The van der Waals surface area contributed by atoms with E-state index in [9.17, 15) is 0 Å². The van der Waals surface area contributed by atoms with Gasteiger partial charge in [-0.3, -0.25) is 4.98 Å². The normalized spacial score (nSPS) is 11.2. The highest BCUT2D eigenvalue weighted by Gasteiger charge is 2.10. The SMILES string of the molecule is COc1cc(C)c(CCc2cnc3c(N)nc4cc(C)ccc4c3c2)cn1. The lowest BCUT2D eigenvalue weighted by Crippen LogP contribution is -2.00. The molecule has 2 N–H and O–H groups in total. The zero-order valence-electron chi connectivity index (χ0n) is 15.8. The van der Waals surface area contributed by atoms with E-state index in [0.717, 1.165) is 34.6 Å². The molecule has 5 nitrogen and oxygen atoms in total. The zero-order chi connectivity index (χ0) is 19.0. The molecule has 3 aromatic heterocycles. The van der Waals surface area contributed by atoms with Crippen molar-refractivity contribution in [3.8, 4) is 5.88 Å². The Labute approximate surface area is 158 Å². The van der Waals surface area contributed by atoms with E-state index >= 15 is 0 Å². The first-order valence-electron chi connectivity index (χ1n) is 8.99. The van der Waals surface area contributed by atoms with Gasteiger partial charge in [-0.1, -0.05) is 12.1 Å². The molecule has 0 fully saturated rings. The van der Waals surface area contributed by atoms with Crippen LogP contribution in [0.5, 0.6) is 5.88 Å². The summed E-state index contributed by atoms with van der Waals surface area (Å²) in [7, 11) is 1.63. The van der Waals surface area contributed by atoms with Crippen molar-refractivity contribution >= 4 is 27.6 Å². The van der Waals surface area contributed by atoms with Gasteiger partial charge in [-0.05, 0) is 61.1 Å². The molecule has 0 atom stereocenters. The lowest BCUT2D eigenvalue weighted by Gasteiger charge is -2.10. The molecular weight excluding hydrogens is 336 g/mol. The topological polar surface area (TPSA) is 73.9 Å². The summed E-state index contributed by atoms with van der Waals surface area (Å²) in [5.74, 6) is 1.12. The Kier molecular flexibility index (Phi) is 4.36. The van der Waals surface area contributed by atoms with E-state index in [1.807, 2.05) is 18.5 Å². The third kappa shape index (κ3) is 3.28. The second kappa shape index (κ2) is 6.83. The highest BCUT2D eigenvalue weighted by Crippen LogP contribution is 2.28. The number of aryl methyl sites for hydroxylation is 4. The van der Waals surface area contributed by atoms with Crippen molar-refractivity contribution in [2.45, 2.75) is 26.7 Å². The summed E-state index contributed by atoms with van der Waals surface area (Å²) < 4.78 is 5.18. The molecule has 0 unspecified atom stereocenters. The minimum absolute atomic E-state index is 0.477. The van der Waals surface area contributed by atoms with E-state index < -0.39 is 0 Å². The van der Waals surface area contributed by atoms with Crippen LogP contribution >= 0.6 is 0 Å². The summed E-state index contributed by atoms with van der Waals surface area (Å²) in [5, 5.41) is 2.14. The van der Waals surface area contributed by atoms with E-state index in [1.165, 1.54) is 22.3 Å². The van der Waals surface area contributed by atoms with E-state index in [0.29, 0.717) is 11.7 Å². The van der Waals surface area contributed by atoms with Gasteiger partial charge in [-0.25, -0.2) is 9.97 Å². The average molecular weight is 358 g/mol. The minimum atomic E-state index is 0.477. The fourth-order valence-corrected chi connectivity index (χ4v) is 3.41. The monoisotopic (exact) mass is 358 g/mol. The third-order valence-corrected chi connectivity index (χ3v) is 4.96. The van der Waals surface area contributed by atoms with Gasteiger partial charge < -0.3 is 10.5 Å². The second-order valence-corrected chi connectivity index (χ2v) is 6.91. The maximum Gasteiger partial charge on any atom is 0.213 e. The number of ether oxygens (including phenoxy) is 1. The molecule has 0 aliphatic heterocycles.